The monoisotopic (exact) mass is 228 g/mol. The molecule has 0 amide bonds. The average molecular weight is 229 g/mol. The lowest BCUT2D eigenvalue weighted by Gasteiger charge is -2.00. The number of rotatable bonds is 2. The third-order valence-corrected chi connectivity index (χ3v) is 1.92. The number of benzene rings is 1. The molecular formula is C9H6BrFO. The van der Waals surface area contributed by atoms with Crippen LogP contribution in [0.5, 0.6) is 0 Å². The van der Waals surface area contributed by atoms with Gasteiger partial charge in [0, 0.05) is 15.6 Å². The molecule has 62 valence electrons. The van der Waals surface area contributed by atoms with Gasteiger partial charge in [-0.3, -0.25) is 4.79 Å². The van der Waals surface area contributed by atoms with Crippen molar-refractivity contribution in [3.63, 3.8) is 0 Å². The summed E-state index contributed by atoms with van der Waals surface area (Å²) in [4.78, 5) is 10.5. The van der Waals surface area contributed by atoms with Crippen LogP contribution >= 0.6 is 15.9 Å². The minimum absolute atomic E-state index is 0.244. The third-order valence-electron chi connectivity index (χ3n) is 1.46. The molecule has 0 aliphatic carbocycles. The molecule has 0 heterocycles. The number of halogens is 2. The molecule has 0 N–H and O–H groups in total. The molecule has 0 aliphatic rings. The Morgan fingerprint density at radius 1 is 1.50 bits per heavy atom. The molecule has 0 saturated carbocycles. The summed E-state index contributed by atoms with van der Waals surface area (Å²) in [5.74, 6) is -0.443. The first-order valence-corrected chi connectivity index (χ1v) is 4.05. The average Bonchev–Trinajstić information content (AvgIpc) is 2.03. The lowest BCUT2D eigenvalue weighted by molar-refractivity contribution is 0.112. The van der Waals surface area contributed by atoms with Crippen LogP contribution < -0.4 is 0 Å². The molecule has 0 spiro atoms. The Hall–Kier alpha value is -0.960. The van der Waals surface area contributed by atoms with Gasteiger partial charge in [-0.1, -0.05) is 28.6 Å². The van der Waals surface area contributed by atoms with E-state index in [4.69, 9.17) is 0 Å². The lowest BCUT2D eigenvalue weighted by Crippen LogP contribution is -1.90. The molecule has 3 heteroatoms. The standard InChI is InChI=1S/C9H6BrFO/c1-2-8-6(5-12)3-7(10)4-9(8)11/h2-5H,1H2. The molecule has 12 heavy (non-hydrogen) atoms. The molecule has 1 nitrogen and oxygen atoms in total. The quantitative estimate of drug-likeness (QED) is 0.712. The lowest BCUT2D eigenvalue weighted by atomic mass is 10.1. The van der Waals surface area contributed by atoms with E-state index < -0.39 is 5.82 Å². The Balaban J connectivity index is 3.43. The van der Waals surface area contributed by atoms with Crippen molar-refractivity contribution in [2.75, 3.05) is 0 Å². The first-order chi connectivity index (χ1) is 5.69. The zero-order chi connectivity index (χ0) is 9.14. The van der Waals surface area contributed by atoms with Crippen LogP contribution in [0.1, 0.15) is 15.9 Å². The zero-order valence-corrected chi connectivity index (χ0v) is 7.77. The van der Waals surface area contributed by atoms with Gasteiger partial charge in [-0.2, -0.15) is 0 Å². The van der Waals surface area contributed by atoms with E-state index in [0.29, 0.717) is 16.3 Å². The molecule has 0 bridgehead atoms. The first kappa shape index (κ1) is 9.13. The molecule has 0 aromatic heterocycles. The predicted molar refractivity (Wildman–Crippen MR) is 49.6 cm³/mol. The second-order valence-corrected chi connectivity index (χ2v) is 3.13. The second kappa shape index (κ2) is 3.63. The highest BCUT2D eigenvalue weighted by atomic mass is 79.9. The highest BCUT2D eigenvalue weighted by Gasteiger charge is 2.05. The molecule has 0 unspecified atom stereocenters. The summed E-state index contributed by atoms with van der Waals surface area (Å²) in [7, 11) is 0. The number of aldehydes is 1. The van der Waals surface area contributed by atoms with Crippen LogP contribution in [-0.2, 0) is 0 Å². The van der Waals surface area contributed by atoms with Gasteiger partial charge in [-0.15, -0.1) is 0 Å². The van der Waals surface area contributed by atoms with E-state index in [1.54, 1.807) is 6.07 Å². The van der Waals surface area contributed by atoms with E-state index in [-0.39, 0.29) is 5.56 Å². The summed E-state index contributed by atoms with van der Waals surface area (Å²) in [5.41, 5.74) is 0.546. The van der Waals surface area contributed by atoms with E-state index in [9.17, 15) is 9.18 Å². The fourth-order valence-electron chi connectivity index (χ4n) is 0.918. The number of carbonyl (C=O) groups is 1. The van der Waals surface area contributed by atoms with E-state index in [2.05, 4.69) is 22.5 Å². The van der Waals surface area contributed by atoms with Crippen molar-refractivity contribution in [1.82, 2.24) is 0 Å². The maximum absolute atomic E-state index is 13.0. The fourth-order valence-corrected chi connectivity index (χ4v) is 1.37. The van der Waals surface area contributed by atoms with Gasteiger partial charge in [0.2, 0.25) is 0 Å². The highest BCUT2D eigenvalue weighted by molar-refractivity contribution is 9.10. The minimum Gasteiger partial charge on any atom is -0.298 e. The Morgan fingerprint density at radius 3 is 2.67 bits per heavy atom. The smallest absolute Gasteiger partial charge is 0.150 e. The first-order valence-electron chi connectivity index (χ1n) is 3.25. The summed E-state index contributed by atoms with van der Waals surface area (Å²) in [6, 6.07) is 2.84. The molecular weight excluding hydrogens is 223 g/mol. The van der Waals surface area contributed by atoms with Crippen LogP contribution in [0, 0.1) is 5.82 Å². The van der Waals surface area contributed by atoms with E-state index >= 15 is 0 Å². The maximum Gasteiger partial charge on any atom is 0.150 e. The molecule has 0 aliphatic heterocycles. The summed E-state index contributed by atoms with van der Waals surface area (Å²) >= 11 is 3.08. The van der Waals surface area contributed by atoms with Crippen molar-refractivity contribution < 1.29 is 9.18 Å². The molecule has 1 aromatic rings. The van der Waals surface area contributed by atoms with Crippen molar-refractivity contribution in [2.45, 2.75) is 0 Å². The van der Waals surface area contributed by atoms with Gasteiger partial charge in [0.25, 0.3) is 0 Å². The predicted octanol–water partition coefficient (Wildman–Crippen LogP) is 3.04. The molecule has 1 rings (SSSR count). The van der Waals surface area contributed by atoms with Gasteiger partial charge in [0.15, 0.2) is 6.29 Å². The van der Waals surface area contributed by atoms with Crippen LogP contribution in [-0.4, -0.2) is 6.29 Å². The van der Waals surface area contributed by atoms with Gasteiger partial charge in [-0.05, 0) is 12.1 Å². The van der Waals surface area contributed by atoms with Crippen molar-refractivity contribution in [2.24, 2.45) is 0 Å². The van der Waals surface area contributed by atoms with Gasteiger partial charge in [0.05, 0.1) is 0 Å². The number of hydrogen-bond donors (Lipinski definition) is 0. The van der Waals surface area contributed by atoms with Crippen molar-refractivity contribution in [3.8, 4) is 0 Å². The van der Waals surface area contributed by atoms with Crippen LogP contribution in [0.4, 0.5) is 4.39 Å². The zero-order valence-electron chi connectivity index (χ0n) is 6.18. The largest absolute Gasteiger partial charge is 0.298 e. The molecule has 1 aromatic carbocycles. The van der Waals surface area contributed by atoms with Gasteiger partial charge in [0.1, 0.15) is 5.82 Å². The van der Waals surface area contributed by atoms with Gasteiger partial charge >= 0.3 is 0 Å². The Labute approximate surface area is 78.0 Å². The normalized spacial score (nSPS) is 9.50. The summed E-state index contributed by atoms with van der Waals surface area (Å²) in [6.07, 6.45) is 1.93. The molecule has 0 radical (unpaired) electrons. The summed E-state index contributed by atoms with van der Waals surface area (Å²) < 4.78 is 13.6. The van der Waals surface area contributed by atoms with Gasteiger partial charge in [-0.25, -0.2) is 4.39 Å². The molecule has 0 atom stereocenters. The SMILES string of the molecule is C=Cc1c(F)cc(Br)cc1C=O. The Bertz CT molecular complexity index is 334. The third kappa shape index (κ3) is 1.61. The summed E-state index contributed by atoms with van der Waals surface area (Å²) in [5, 5.41) is 0. The van der Waals surface area contributed by atoms with Crippen LogP contribution in [0.2, 0.25) is 0 Å². The van der Waals surface area contributed by atoms with Crippen LogP contribution in [0.25, 0.3) is 6.08 Å². The van der Waals surface area contributed by atoms with Gasteiger partial charge < -0.3 is 0 Å². The Kier molecular flexibility index (Phi) is 2.76. The second-order valence-electron chi connectivity index (χ2n) is 2.21. The topological polar surface area (TPSA) is 17.1 Å². The van der Waals surface area contributed by atoms with Crippen LogP contribution in [0.15, 0.2) is 23.2 Å². The van der Waals surface area contributed by atoms with E-state index in [0.717, 1.165) is 0 Å². The number of hydrogen-bond acceptors (Lipinski definition) is 1. The fraction of sp³-hybridized carbons (Fsp3) is 0. The van der Waals surface area contributed by atoms with Crippen LogP contribution in [0.3, 0.4) is 0 Å². The van der Waals surface area contributed by atoms with E-state index in [1.807, 2.05) is 0 Å². The highest BCUT2D eigenvalue weighted by Crippen LogP contribution is 2.19. The minimum atomic E-state index is -0.443. The van der Waals surface area contributed by atoms with Crippen molar-refractivity contribution in [1.29, 1.82) is 0 Å². The summed E-state index contributed by atoms with van der Waals surface area (Å²) in [6.45, 7) is 3.42. The maximum atomic E-state index is 13.0. The Morgan fingerprint density at radius 2 is 2.17 bits per heavy atom. The number of carbonyl (C=O) groups excluding carboxylic acids is 1. The molecule has 0 saturated heterocycles. The molecule has 0 fully saturated rings. The van der Waals surface area contributed by atoms with E-state index in [1.165, 1.54) is 12.1 Å². The van der Waals surface area contributed by atoms with Crippen molar-refractivity contribution in [3.05, 3.63) is 40.1 Å². The van der Waals surface area contributed by atoms with Crippen molar-refractivity contribution >= 4 is 28.3 Å².